The van der Waals surface area contributed by atoms with Gasteiger partial charge in [0.15, 0.2) is 0 Å². The maximum atomic E-state index is 13.2. The number of para-hydroxylation sites is 1. The number of methoxy groups -OCH3 is 1. The van der Waals surface area contributed by atoms with Crippen LogP contribution in [-0.4, -0.2) is 19.3 Å². The molecule has 0 spiro atoms. The first-order valence-electron chi connectivity index (χ1n) is 8.86. The minimum atomic E-state index is -0.699. The fourth-order valence-electron chi connectivity index (χ4n) is 3.26. The number of benzene rings is 2. The van der Waals surface area contributed by atoms with Crippen molar-refractivity contribution >= 4 is 23.4 Å². The smallest absolute Gasteiger partial charge is 0.255 e. The van der Waals surface area contributed by atoms with E-state index in [2.05, 4.69) is 11.4 Å². The number of rotatable bonds is 5. The molecule has 2 aromatic carbocycles. The number of ether oxygens (including phenoxy) is 2. The Morgan fingerprint density at radius 2 is 1.93 bits per heavy atom. The second kappa shape index (κ2) is 8.76. The van der Waals surface area contributed by atoms with Gasteiger partial charge in [0.25, 0.3) is 5.91 Å². The number of anilines is 1. The van der Waals surface area contributed by atoms with E-state index >= 15 is 0 Å². The van der Waals surface area contributed by atoms with Gasteiger partial charge < -0.3 is 20.5 Å². The molecule has 0 aromatic heterocycles. The van der Waals surface area contributed by atoms with E-state index in [1.807, 2.05) is 48.7 Å². The normalized spacial score (nSPS) is 16.1. The monoisotopic (exact) mass is 407 g/mol. The van der Waals surface area contributed by atoms with Gasteiger partial charge in [0, 0.05) is 16.1 Å². The molecule has 1 atom stereocenters. The molecule has 1 amide bonds. The molecule has 0 radical (unpaired) electrons. The van der Waals surface area contributed by atoms with Crippen LogP contribution in [0.2, 0.25) is 0 Å². The zero-order valence-electron chi connectivity index (χ0n) is 16.4. The van der Waals surface area contributed by atoms with Gasteiger partial charge >= 0.3 is 0 Å². The zero-order chi connectivity index (χ0) is 21.0. The van der Waals surface area contributed by atoms with Crippen LogP contribution in [0, 0.1) is 11.3 Å². The van der Waals surface area contributed by atoms with Crippen molar-refractivity contribution in [1.29, 1.82) is 5.26 Å². The van der Waals surface area contributed by atoms with Crippen molar-refractivity contribution < 1.29 is 14.3 Å². The van der Waals surface area contributed by atoms with Crippen molar-refractivity contribution in [3.8, 4) is 11.8 Å². The lowest BCUT2D eigenvalue weighted by molar-refractivity contribution is -0.113. The molecule has 6 nitrogen and oxygen atoms in total. The summed E-state index contributed by atoms with van der Waals surface area (Å²) in [6.45, 7) is 1.66. The summed E-state index contributed by atoms with van der Waals surface area (Å²) >= 11 is 1.62. The number of nitrogens with zero attached hydrogens (tertiary/aromatic N) is 1. The molecule has 1 aliphatic heterocycles. The third-order valence-corrected chi connectivity index (χ3v) is 5.39. The second-order valence-electron chi connectivity index (χ2n) is 6.32. The lowest BCUT2D eigenvalue weighted by Crippen LogP contribution is -2.28. The van der Waals surface area contributed by atoms with Gasteiger partial charge in [-0.05, 0) is 43.5 Å². The van der Waals surface area contributed by atoms with E-state index in [-0.39, 0.29) is 17.4 Å². The molecule has 0 aliphatic carbocycles. The largest absolute Gasteiger partial charge is 0.496 e. The van der Waals surface area contributed by atoms with E-state index in [4.69, 9.17) is 15.2 Å². The van der Waals surface area contributed by atoms with E-state index in [0.717, 1.165) is 4.90 Å². The lowest BCUT2D eigenvalue weighted by atomic mass is 9.82. The average molecular weight is 407 g/mol. The Morgan fingerprint density at radius 1 is 1.24 bits per heavy atom. The Kier molecular flexibility index (Phi) is 6.15. The molecular formula is C22H21N3O3S. The molecule has 7 heteroatoms. The quantitative estimate of drug-likeness (QED) is 0.723. The standard InChI is InChI=1S/C22H21N3O3S/c1-13-19(22(26)25-14-8-10-15(29-3)11-9-14)20(17(12-23)21(24)28-13)16-6-4-5-7-18(16)27-2/h4-11,20H,24H2,1-3H3,(H,25,26). The number of hydrogen-bond acceptors (Lipinski definition) is 6. The summed E-state index contributed by atoms with van der Waals surface area (Å²) < 4.78 is 11.0. The Morgan fingerprint density at radius 3 is 2.55 bits per heavy atom. The summed E-state index contributed by atoms with van der Waals surface area (Å²) in [6.07, 6.45) is 1.99. The molecule has 3 N–H and O–H groups in total. The van der Waals surface area contributed by atoms with Gasteiger partial charge in [-0.1, -0.05) is 18.2 Å². The third-order valence-electron chi connectivity index (χ3n) is 4.65. The Hall–Kier alpha value is -3.37. The molecule has 0 saturated heterocycles. The minimum Gasteiger partial charge on any atom is -0.496 e. The Bertz CT molecular complexity index is 1040. The molecule has 3 rings (SSSR count). The van der Waals surface area contributed by atoms with Crippen LogP contribution in [0.15, 0.2) is 76.2 Å². The highest BCUT2D eigenvalue weighted by Gasteiger charge is 2.36. The molecule has 1 aliphatic rings. The molecule has 1 heterocycles. The molecule has 0 saturated carbocycles. The molecule has 148 valence electrons. The number of nitrogens with one attached hydrogen (secondary N) is 1. The van der Waals surface area contributed by atoms with Crippen molar-refractivity contribution in [2.45, 2.75) is 17.7 Å². The maximum absolute atomic E-state index is 13.2. The first-order valence-corrected chi connectivity index (χ1v) is 10.1. The number of amides is 1. The summed E-state index contributed by atoms with van der Waals surface area (Å²) in [5, 5.41) is 12.6. The predicted molar refractivity (Wildman–Crippen MR) is 113 cm³/mol. The summed E-state index contributed by atoms with van der Waals surface area (Å²) in [6, 6.07) is 16.8. The number of carbonyl (C=O) groups is 1. The maximum Gasteiger partial charge on any atom is 0.255 e. The van der Waals surface area contributed by atoms with Crippen molar-refractivity contribution in [2.24, 2.45) is 5.73 Å². The second-order valence-corrected chi connectivity index (χ2v) is 7.20. The number of hydrogen-bond donors (Lipinski definition) is 2. The number of thioether (sulfide) groups is 1. The summed E-state index contributed by atoms with van der Waals surface area (Å²) in [5.41, 5.74) is 7.77. The van der Waals surface area contributed by atoms with Crippen LogP contribution in [0.25, 0.3) is 0 Å². The van der Waals surface area contributed by atoms with Gasteiger partial charge in [0.1, 0.15) is 23.2 Å². The van der Waals surface area contributed by atoms with Gasteiger partial charge in [-0.15, -0.1) is 11.8 Å². The SMILES string of the molecule is COc1ccccc1C1C(C#N)=C(N)OC(C)=C1C(=O)Nc1ccc(SC)cc1. The fourth-order valence-corrected chi connectivity index (χ4v) is 3.67. The molecule has 29 heavy (non-hydrogen) atoms. The van der Waals surface area contributed by atoms with Crippen LogP contribution in [0.3, 0.4) is 0 Å². The van der Waals surface area contributed by atoms with Crippen LogP contribution in [0.1, 0.15) is 18.4 Å². The number of nitriles is 1. The Labute approximate surface area is 174 Å². The van der Waals surface area contributed by atoms with Crippen molar-refractivity contribution in [3.05, 3.63) is 76.9 Å². The van der Waals surface area contributed by atoms with Crippen LogP contribution in [0.4, 0.5) is 5.69 Å². The van der Waals surface area contributed by atoms with E-state index in [9.17, 15) is 10.1 Å². The number of carbonyl (C=O) groups excluding carboxylic acids is 1. The number of nitrogens with two attached hydrogens (primary N) is 1. The number of allylic oxidation sites excluding steroid dienone is 2. The molecule has 0 fully saturated rings. The molecule has 2 aromatic rings. The third kappa shape index (κ3) is 4.08. The first kappa shape index (κ1) is 20.4. The summed E-state index contributed by atoms with van der Waals surface area (Å²) in [7, 11) is 1.54. The highest BCUT2D eigenvalue weighted by molar-refractivity contribution is 7.98. The van der Waals surface area contributed by atoms with Crippen molar-refractivity contribution in [2.75, 3.05) is 18.7 Å². The van der Waals surface area contributed by atoms with Crippen molar-refractivity contribution in [1.82, 2.24) is 0 Å². The summed E-state index contributed by atoms with van der Waals surface area (Å²) in [5.74, 6) is -0.175. The first-order chi connectivity index (χ1) is 14.0. The van der Waals surface area contributed by atoms with E-state index in [0.29, 0.717) is 28.3 Å². The van der Waals surface area contributed by atoms with E-state index in [1.165, 1.54) is 0 Å². The molecule has 0 bridgehead atoms. The molecular weight excluding hydrogens is 386 g/mol. The van der Waals surface area contributed by atoms with Gasteiger partial charge in [0.2, 0.25) is 5.88 Å². The topological polar surface area (TPSA) is 97.4 Å². The van der Waals surface area contributed by atoms with Gasteiger partial charge in [-0.25, -0.2) is 0 Å². The highest BCUT2D eigenvalue weighted by Crippen LogP contribution is 2.42. The lowest BCUT2D eigenvalue weighted by Gasteiger charge is -2.28. The fraction of sp³-hybridized carbons (Fsp3) is 0.182. The highest BCUT2D eigenvalue weighted by atomic mass is 32.2. The predicted octanol–water partition coefficient (Wildman–Crippen LogP) is 4.14. The van der Waals surface area contributed by atoms with Crippen LogP contribution in [0.5, 0.6) is 5.75 Å². The minimum absolute atomic E-state index is 0.0122. The zero-order valence-corrected chi connectivity index (χ0v) is 17.2. The van der Waals surface area contributed by atoms with Gasteiger partial charge in [-0.3, -0.25) is 4.79 Å². The Balaban J connectivity index is 2.05. The molecule has 1 unspecified atom stereocenters. The van der Waals surface area contributed by atoms with E-state index in [1.54, 1.807) is 31.9 Å². The summed E-state index contributed by atoms with van der Waals surface area (Å²) in [4.78, 5) is 14.3. The van der Waals surface area contributed by atoms with Gasteiger partial charge in [0.05, 0.1) is 18.6 Å². The van der Waals surface area contributed by atoms with Crippen LogP contribution in [-0.2, 0) is 9.53 Å². The van der Waals surface area contributed by atoms with Gasteiger partial charge in [-0.2, -0.15) is 5.26 Å². The van der Waals surface area contributed by atoms with E-state index < -0.39 is 5.92 Å². The van der Waals surface area contributed by atoms with Crippen molar-refractivity contribution in [3.63, 3.8) is 0 Å². The average Bonchev–Trinajstić information content (AvgIpc) is 2.73. The van der Waals surface area contributed by atoms with Crippen LogP contribution >= 0.6 is 11.8 Å². The van der Waals surface area contributed by atoms with Crippen LogP contribution < -0.4 is 15.8 Å².